The Labute approximate surface area is 85.2 Å². The van der Waals surface area contributed by atoms with Crippen LogP contribution in [0.4, 0.5) is 0 Å². The number of aromatic nitrogens is 1. The van der Waals surface area contributed by atoms with Gasteiger partial charge in [0.05, 0.1) is 0 Å². The van der Waals surface area contributed by atoms with Crippen molar-refractivity contribution in [3.8, 4) is 0 Å². The standard InChI is InChI=1S/C6H6Cl3NOTe/c7-12(8,9)4-6(11)5-2-1-3-10-5/h1-3,10H,4H2. The fourth-order valence-electron chi connectivity index (χ4n) is 0.730. The van der Waals surface area contributed by atoms with Crippen molar-refractivity contribution >= 4 is 47.5 Å². The molecule has 1 aromatic heterocycles. The molecule has 0 unspecified atom stereocenters. The molecule has 0 fully saturated rings. The topological polar surface area (TPSA) is 32.9 Å². The fourth-order valence-corrected chi connectivity index (χ4v) is 4.02. The minimum absolute atomic E-state index is 0.0771. The second-order valence-electron chi connectivity index (χ2n) is 2.15. The summed E-state index contributed by atoms with van der Waals surface area (Å²) in [5.41, 5.74) is 0.507. The van der Waals surface area contributed by atoms with Gasteiger partial charge in [0.1, 0.15) is 0 Å². The van der Waals surface area contributed by atoms with E-state index in [0.717, 1.165) is 0 Å². The molecule has 0 radical (unpaired) electrons. The second kappa shape index (κ2) is 4.21. The van der Waals surface area contributed by atoms with E-state index in [1.54, 1.807) is 18.3 Å². The predicted octanol–water partition coefficient (Wildman–Crippen LogP) is 2.85. The van der Waals surface area contributed by atoms with Crippen LogP contribution in [0.2, 0.25) is 4.47 Å². The number of H-pyrrole nitrogens is 1. The van der Waals surface area contributed by atoms with Gasteiger partial charge in [-0.2, -0.15) is 0 Å². The Morgan fingerprint density at radius 3 is 2.58 bits per heavy atom. The molecule has 1 heterocycles. The molecule has 2 nitrogen and oxygen atoms in total. The molecule has 68 valence electrons. The summed E-state index contributed by atoms with van der Waals surface area (Å²) < 4.78 is 0.0771. The van der Waals surface area contributed by atoms with E-state index in [1.165, 1.54) is 0 Å². The van der Waals surface area contributed by atoms with E-state index >= 15 is 0 Å². The molecule has 0 spiro atoms. The van der Waals surface area contributed by atoms with E-state index in [9.17, 15) is 4.79 Å². The average Bonchev–Trinajstić information content (AvgIpc) is 2.32. The number of hydrogen-bond donors (Lipinski definition) is 1. The van der Waals surface area contributed by atoms with Gasteiger partial charge >= 0.3 is 85.8 Å². The van der Waals surface area contributed by atoms with Crippen molar-refractivity contribution in [3.05, 3.63) is 24.0 Å². The quantitative estimate of drug-likeness (QED) is 0.665. The Morgan fingerprint density at radius 1 is 1.50 bits per heavy atom. The van der Waals surface area contributed by atoms with Crippen molar-refractivity contribution in [3.63, 3.8) is 0 Å². The molecule has 12 heavy (non-hydrogen) atoms. The van der Waals surface area contributed by atoms with Crippen molar-refractivity contribution < 1.29 is 4.79 Å². The van der Waals surface area contributed by atoms with Gasteiger partial charge in [0.2, 0.25) is 0 Å². The molecule has 1 aromatic rings. The number of hydrogen-bond acceptors (Lipinski definition) is 1. The van der Waals surface area contributed by atoms with Crippen LogP contribution < -0.4 is 0 Å². The number of ketones is 1. The van der Waals surface area contributed by atoms with Gasteiger partial charge in [-0.05, 0) is 0 Å². The first kappa shape index (κ1) is 10.7. The second-order valence-corrected chi connectivity index (χ2v) is 19.6. The van der Waals surface area contributed by atoms with Crippen molar-refractivity contribution in [1.29, 1.82) is 0 Å². The summed E-state index contributed by atoms with van der Waals surface area (Å²) in [5.74, 6) is -0.124. The Bertz CT molecular complexity index is 267. The Balaban J connectivity index is 2.63. The van der Waals surface area contributed by atoms with Crippen LogP contribution in [0.5, 0.6) is 0 Å². The first-order chi connectivity index (χ1) is 5.49. The maximum absolute atomic E-state index is 11.3. The number of aromatic amines is 1. The van der Waals surface area contributed by atoms with E-state index < -0.39 is 14.8 Å². The summed E-state index contributed by atoms with van der Waals surface area (Å²) in [6, 6.07) is 3.40. The molecule has 0 amide bonds. The van der Waals surface area contributed by atoms with Crippen LogP contribution in [0.25, 0.3) is 0 Å². The number of carbonyl (C=O) groups excluding carboxylic acids is 1. The van der Waals surface area contributed by atoms with Crippen LogP contribution in [0.3, 0.4) is 0 Å². The normalized spacial score (nSPS) is 12.9. The van der Waals surface area contributed by atoms with Crippen molar-refractivity contribution in [2.45, 2.75) is 4.47 Å². The zero-order chi connectivity index (χ0) is 9.19. The van der Waals surface area contributed by atoms with Gasteiger partial charge in [0.15, 0.2) is 0 Å². The van der Waals surface area contributed by atoms with E-state index in [2.05, 4.69) is 4.98 Å². The average molecular weight is 342 g/mol. The molecule has 0 bridgehead atoms. The number of nitrogens with one attached hydrogen (secondary N) is 1. The third-order valence-electron chi connectivity index (χ3n) is 1.19. The zero-order valence-electron chi connectivity index (χ0n) is 5.89. The molecule has 0 aliphatic rings. The molecule has 1 rings (SSSR count). The molecule has 0 aliphatic heterocycles. The summed E-state index contributed by atoms with van der Waals surface area (Å²) in [6.07, 6.45) is 1.67. The SMILES string of the molecule is O=C(C[Te](Cl)(Cl)Cl)c1ccc[nH]1. The number of halogens is 3. The van der Waals surface area contributed by atoms with E-state index in [0.29, 0.717) is 5.69 Å². The molecule has 1 N–H and O–H groups in total. The van der Waals surface area contributed by atoms with E-state index in [4.69, 9.17) is 26.9 Å². The fraction of sp³-hybridized carbons (Fsp3) is 0.167. The van der Waals surface area contributed by atoms with Gasteiger partial charge in [-0.3, -0.25) is 0 Å². The molecule has 6 heteroatoms. The van der Waals surface area contributed by atoms with Crippen LogP contribution in [0, 0.1) is 0 Å². The minimum atomic E-state index is -3.31. The van der Waals surface area contributed by atoms with Crippen LogP contribution in [0.15, 0.2) is 18.3 Å². The molecule has 0 saturated carbocycles. The molecule has 0 saturated heterocycles. The molecular formula is C6H6Cl3NOTe. The Kier molecular flexibility index (Phi) is 3.75. The van der Waals surface area contributed by atoms with Gasteiger partial charge in [-0.25, -0.2) is 0 Å². The molecular weight excluding hydrogens is 336 g/mol. The monoisotopic (exact) mass is 343 g/mol. The summed E-state index contributed by atoms with van der Waals surface area (Å²) >= 11 is -3.31. The van der Waals surface area contributed by atoms with Crippen molar-refractivity contribution in [2.24, 2.45) is 0 Å². The Morgan fingerprint density at radius 2 is 2.17 bits per heavy atom. The first-order valence-electron chi connectivity index (χ1n) is 3.05. The summed E-state index contributed by atoms with van der Waals surface area (Å²) in [6.45, 7) is 0. The van der Waals surface area contributed by atoms with Crippen LogP contribution >= 0.6 is 26.9 Å². The zero-order valence-corrected chi connectivity index (χ0v) is 10.5. The van der Waals surface area contributed by atoms with E-state index in [1.807, 2.05) is 0 Å². The van der Waals surface area contributed by atoms with Crippen LogP contribution in [0.1, 0.15) is 10.5 Å². The number of rotatable bonds is 3. The Hall–Kier alpha value is 0.610. The number of carbonyl (C=O) groups is 1. The maximum atomic E-state index is 11.3. The summed E-state index contributed by atoms with van der Waals surface area (Å²) in [5, 5.41) is 0. The van der Waals surface area contributed by atoms with Gasteiger partial charge in [-0.1, -0.05) is 0 Å². The third-order valence-corrected chi connectivity index (χ3v) is 5.07. The first-order valence-corrected chi connectivity index (χ1v) is 13.6. The summed E-state index contributed by atoms with van der Waals surface area (Å²) in [4.78, 5) is 14.0. The predicted molar refractivity (Wildman–Crippen MR) is 53.2 cm³/mol. The third kappa shape index (κ3) is 3.55. The van der Waals surface area contributed by atoms with Crippen LogP contribution in [-0.4, -0.2) is 25.6 Å². The van der Waals surface area contributed by atoms with Crippen molar-refractivity contribution in [2.75, 3.05) is 0 Å². The molecule has 0 aliphatic carbocycles. The van der Waals surface area contributed by atoms with Gasteiger partial charge in [0, 0.05) is 0 Å². The van der Waals surface area contributed by atoms with Crippen molar-refractivity contribution in [1.82, 2.24) is 4.98 Å². The van der Waals surface area contributed by atoms with Gasteiger partial charge in [0.25, 0.3) is 0 Å². The van der Waals surface area contributed by atoms with Gasteiger partial charge < -0.3 is 0 Å². The summed E-state index contributed by atoms with van der Waals surface area (Å²) in [7, 11) is 16.9. The van der Waals surface area contributed by atoms with Crippen LogP contribution in [-0.2, 0) is 0 Å². The van der Waals surface area contributed by atoms with Gasteiger partial charge in [-0.15, -0.1) is 0 Å². The van der Waals surface area contributed by atoms with E-state index in [-0.39, 0.29) is 10.3 Å². The molecule has 0 atom stereocenters. The number of Topliss-reactive ketones (excluding diaryl/α,β-unsaturated/α-hetero) is 1. The molecule has 0 aromatic carbocycles.